The third-order valence-corrected chi connectivity index (χ3v) is 4.65. The summed E-state index contributed by atoms with van der Waals surface area (Å²) in [5, 5.41) is 0. The standard InChI is InChI=1S/C14H21NO2S/c1-14(2,3)18(16)15-13-10-17-9-8-11-6-4-5-7-12(11)13/h4-7,13,15H,8-10H2,1-3H3/t13-,18+/m0/s1. The molecule has 0 radical (unpaired) electrons. The predicted octanol–water partition coefficient (Wildman–Crippen LogP) is 2.35. The highest BCUT2D eigenvalue weighted by molar-refractivity contribution is 7.90. The van der Waals surface area contributed by atoms with Crippen molar-refractivity contribution >= 4 is 11.4 Å². The van der Waals surface area contributed by atoms with Crippen LogP contribution in [0.25, 0.3) is 0 Å². The number of rotatable bonds is 2. The van der Waals surface area contributed by atoms with Gasteiger partial charge < -0.3 is 9.29 Å². The van der Waals surface area contributed by atoms with Gasteiger partial charge in [-0.05, 0) is 38.3 Å². The number of ether oxygens (including phenoxy) is 1. The van der Waals surface area contributed by atoms with Crippen molar-refractivity contribution in [1.82, 2.24) is 4.72 Å². The molecule has 0 bridgehead atoms. The summed E-state index contributed by atoms with van der Waals surface area (Å²) in [4.78, 5) is 0. The highest BCUT2D eigenvalue weighted by Gasteiger charge is 2.31. The summed E-state index contributed by atoms with van der Waals surface area (Å²) in [7, 11) is 0. The van der Waals surface area contributed by atoms with Gasteiger partial charge >= 0.3 is 0 Å². The van der Waals surface area contributed by atoms with Gasteiger partial charge in [0.1, 0.15) is 10.8 Å². The van der Waals surface area contributed by atoms with E-state index in [0.29, 0.717) is 6.61 Å². The number of benzene rings is 1. The van der Waals surface area contributed by atoms with Crippen molar-refractivity contribution in [3.8, 4) is 0 Å². The van der Waals surface area contributed by atoms with E-state index in [1.165, 1.54) is 11.1 Å². The second kappa shape index (κ2) is 5.61. The lowest BCUT2D eigenvalue weighted by Gasteiger charge is -2.28. The zero-order valence-electron chi connectivity index (χ0n) is 11.2. The van der Waals surface area contributed by atoms with Crippen LogP contribution in [0.1, 0.15) is 37.9 Å². The van der Waals surface area contributed by atoms with Gasteiger partial charge in [-0.2, -0.15) is 0 Å². The molecule has 1 heterocycles. The Hall–Kier alpha value is -0.550. The SMILES string of the molecule is CC(C)(C)[S@@+]([O-])N[C@H]1COCCc2ccccc21. The summed E-state index contributed by atoms with van der Waals surface area (Å²) in [6, 6.07) is 8.31. The average molecular weight is 267 g/mol. The molecule has 2 rings (SSSR count). The molecule has 0 unspecified atom stereocenters. The summed E-state index contributed by atoms with van der Waals surface area (Å²) in [5.74, 6) is 0. The molecule has 1 N–H and O–H groups in total. The maximum atomic E-state index is 12.2. The Labute approximate surface area is 112 Å². The molecule has 3 nitrogen and oxygen atoms in total. The van der Waals surface area contributed by atoms with Crippen molar-refractivity contribution in [2.75, 3.05) is 13.2 Å². The van der Waals surface area contributed by atoms with E-state index in [4.69, 9.17) is 4.74 Å². The minimum absolute atomic E-state index is 0.0174. The first kappa shape index (κ1) is 13.9. The van der Waals surface area contributed by atoms with Crippen LogP contribution in [-0.4, -0.2) is 22.5 Å². The fourth-order valence-corrected chi connectivity index (χ4v) is 2.79. The molecule has 0 saturated carbocycles. The summed E-state index contributed by atoms with van der Waals surface area (Å²) in [5.41, 5.74) is 2.51. The van der Waals surface area contributed by atoms with E-state index >= 15 is 0 Å². The lowest BCUT2D eigenvalue weighted by molar-refractivity contribution is 0.127. The van der Waals surface area contributed by atoms with Crippen LogP contribution >= 0.6 is 0 Å². The van der Waals surface area contributed by atoms with Crippen molar-refractivity contribution in [3.63, 3.8) is 0 Å². The van der Waals surface area contributed by atoms with Crippen LogP contribution in [-0.2, 0) is 22.5 Å². The minimum atomic E-state index is -1.08. The topological polar surface area (TPSA) is 44.3 Å². The van der Waals surface area contributed by atoms with Crippen molar-refractivity contribution in [1.29, 1.82) is 0 Å². The molecule has 1 aliphatic heterocycles. The molecule has 100 valence electrons. The Morgan fingerprint density at radius 3 is 2.78 bits per heavy atom. The van der Waals surface area contributed by atoms with Gasteiger partial charge in [0.15, 0.2) is 0 Å². The zero-order chi connectivity index (χ0) is 13.2. The van der Waals surface area contributed by atoms with Crippen LogP contribution in [0.3, 0.4) is 0 Å². The van der Waals surface area contributed by atoms with Crippen molar-refractivity contribution < 1.29 is 9.29 Å². The van der Waals surface area contributed by atoms with E-state index in [9.17, 15) is 4.55 Å². The number of hydrogen-bond donors (Lipinski definition) is 1. The van der Waals surface area contributed by atoms with Crippen LogP contribution in [0, 0.1) is 0 Å². The van der Waals surface area contributed by atoms with Gasteiger partial charge in [0, 0.05) is 11.4 Å². The summed E-state index contributed by atoms with van der Waals surface area (Å²) in [6.07, 6.45) is 0.927. The second-order valence-corrected chi connectivity index (χ2v) is 7.57. The third kappa shape index (κ3) is 3.26. The van der Waals surface area contributed by atoms with Crippen LogP contribution < -0.4 is 4.72 Å². The number of nitrogens with one attached hydrogen (secondary N) is 1. The lowest BCUT2D eigenvalue weighted by atomic mass is 10.0. The van der Waals surface area contributed by atoms with E-state index in [1.54, 1.807) is 0 Å². The van der Waals surface area contributed by atoms with E-state index in [1.807, 2.05) is 32.9 Å². The zero-order valence-corrected chi connectivity index (χ0v) is 12.0. The Morgan fingerprint density at radius 2 is 2.06 bits per heavy atom. The second-order valence-electron chi connectivity index (χ2n) is 5.58. The summed E-state index contributed by atoms with van der Waals surface area (Å²) < 4.78 is 20.7. The first-order valence-electron chi connectivity index (χ1n) is 6.32. The molecule has 1 aromatic carbocycles. The van der Waals surface area contributed by atoms with Crippen molar-refractivity contribution in [2.24, 2.45) is 0 Å². The molecule has 0 aromatic heterocycles. The maximum absolute atomic E-state index is 12.2. The molecule has 1 aromatic rings. The number of fused-ring (bicyclic) bond motifs is 1. The largest absolute Gasteiger partial charge is 0.598 e. The van der Waals surface area contributed by atoms with Crippen LogP contribution in [0.5, 0.6) is 0 Å². The average Bonchev–Trinajstić information content (AvgIpc) is 2.51. The van der Waals surface area contributed by atoms with E-state index in [-0.39, 0.29) is 10.8 Å². The molecule has 1 aliphatic rings. The highest BCUT2D eigenvalue weighted by atomic mass is 32.2. The monoisotopic (exact) mass is 267 g/mol. The Kier molecular flexibility index (Phi) is 4.33. The quantitative estimate of drug-likeness (QED) is 0.837. The predicted molar refractivity (Wildman–Crippen MR) is 74.7 cm³/mol. The van der Waals surface area contributed by atoms with Gasteiger partial charge in [-0.15, -0.1) is 4.72 Å². The molecule has 4 heteroatoms. The molecule has 0 saturated heterocycles. The van der Waals surface area contributed by atoms with Gasteiger partial charge in [0.2, 0.25) is 0 Å². The molecule has 0 fully saturated rings. The fourth-order valence-electron chi connectivity index (χ4n) is 1.98. The smallest absolute Gasteiger partial charge is 0.136 e. The molecule has 0 aliphatic carbocycles. The lowest BCUT2D eigenvalue weighted by Crippen LogP contribution is -2.42. The van der Waals surface area contributed by atoms with E-state index in [2.05, 4.69) is 16.9 Å². The Balaban J connectivity index is 2.18. The molecular formula is C14H21NO2S. The molecular weight excluding hydrogens is 246 g/mol. The number of hydrogen-bond acceptors (Lipinski definition) is 3. The molecule has 0 amide bonds. The van der Waals surface area contributed by atoms with Crippen molar-refractivity contribution in [2.45, 2.75) is 38.0 Å². The van der Waals surface area contributed by atoms with Gasteiger partial charge in [-0.1, -0.05) is 24.3 Å². The third-order valence-electron chi connectivity index (χ3n) is 3.04. The first-order valence-corrected chi connectivity index (χ1v) is 7.47. The molecule has 0 spiro atoms. The normalized spacial score (nSPS) is 22.1. The molecule has 18 heavy (non-hydrogen) atoms. The van der Waals surface area contributed by atoms with E-state index < -0.39 is 11.4 Å². The fraction of sp³-hybridized carbons (Fsp3) is 0.571. The van der Waals surface area contributed by atoms with Crippen molar-refractivity contribution in [3.05, 3.63) is 35.4 Å². The minimum Gasteiger partial charge on any atom is -0.598 e. The molecule has 2 atom stereocenters. The summed E-state index contributed by atoms with van der Waals surface area (Å²) >= 11 is -1.08. The first-order chi connectivity index (χ1) is 8.48. The summed E-state index contributed by atoms with van der Waals surface area (Å²) in [6.45, 7) is 7.23. The van der Waals surface area contributed by atoms with Gasteiger partial charge in [-0.3, -0.25) is 0 Å². The Bertz CT molecular complexity index is 403. The van der Waals surface area contributed by atoms with Crippen LogP contribution in [0.2, 0.25) is 0 Å². The van der Waals surface area contributed by atoms with Crippen LogP contribution in [0.4, 0.5) is 0 Å². The Morgan fingerprint density at radius 1 is 1.33 bits per heavy atom. The maximum Gasteiger partial charge on any atom is 0.136 e. The van der Waals surface area contributed by atoms with E-state index in [0.717, 1.165) is 13.0 Å². The highest BCUT2D eigenvalue weighted by Crippen LogP contribution is 2.25. The van der Waals surface area contributed by atoms with Gasteiger partial charge in [0.25, 0.3) is 0 Å². The van der Waals surface area contributed by atoms with Gasteiger partial charge in [0.05, 0.1) is 13.2 Å². The van der Waals surface area contributed by atoms with Crippen LogP contribution in [0.15, 0.2) is 24.3 Å². The van der Waals surface area contributed by atoms with Gasteiger partial charge in [-0.25, -0.2) is 0 Å².